The molecule has 2 atom stereocenters. The van der Waals surface area contributed by atoms with Crippen LogP contribution in [-0.2, 0) is 4.74 Å². The molecule has 4 heterocycles. The standard InChI is InChI=1S/C26H29F3N6O2/c1-25(2,36-3)15-37-20-6-4-5-16-7-9-19(31-22(16)20)24-33-32-21-10-8-17(13-35(21)24)23(26(27,28)29)34-12-11-18(30)14-34/h4-10,13,18,23H,11-12,14-15,30H2,1-3H3. The minimum absolute atomic E-state index is 0.0989. The molecule has 5 rings (SSSR count). The molecule has 11 heteroatoms. The number of hydrogen-bond acceptors (Lipinski definition) is 7. The van der Waals surface area contributed by atoms with Gasteiger partial charge in [-0.25, -0.2) is 4.98 Å². The molecular weight excluding hydrogens is 485 g/mol. The van der Waals surface area contributed by atoms with Crippen molar-refractivity contribution in [2.24, 2.45) is 5.73 Å². The molecule has 0 spiro atoms. The van der Waals surface area contributed by atoms with Crippen LogP contribution in [0.2, 0.25) is 0 Å². The fraction of sp³-hybridized carbons (Fsp3) is 0.423. The van der Waals surface area contributed by atoms with Gasteiger partial charge < -0.3 is 15.2 Å². The number of benzene rings is 1. The molecule has 1 aliphatic rings. The fourth-order valence-electron chi connectivity index (χ4n) is 4.57. The molecule has 1 aromatic carbocycles. The van der Waals surface area contributed by atoms with Crippen LogP contribution in [0.4, 0.5) is 13.2 Å². The third kappa shape index (κ3) is 5.11. The Balaban J connectivity index is 1.55. The van der Waals surface area contributed by atoms with E-state index in [2.05, 4.69) is 10.2 Å². The second-order valence-electron chi connectivity index (χ2n) is 9.98. The molecule has 2 unspecified atom stereocenters. The van der Waals surface area contributed by atoms with E-state index < -0.39 is 17.8 Å². The van der Waals surface area contributed by atoms with Gasteiger partial charge in [-0.05, 0) is 44.0 Å². The number of methoxy groups -OCH3 is 1. The van der Waals surface area contributed by atoms with Crippen LogP contribution in [0.5, 0.6) is 5.75 Å². The number of ether oxygens (including phenoxy) is 2. The van der Waals surface area contributed by atoms with E-state index in [0.29, 0.717) is 41.5 Å². The van der Waals surface area contributed by atoms with Crippen molar-refractivity contribution in [1.82, 2.24) is 24.5 Å². The highest BCUT2D eigenvalue weighted by atomic mass is 19.4. The molecule has 0 bridgehead atoms. The zero-order valence-electron chi connectivity index (χ0n) is 20.9. The lowest BCUT2D eigenvalue weighted by molar-refractivity contribution is -0.183. The molecule has 0 amide bonds. The Morgan fingerprint density at radius 3 is 2.62 bits per heavy atom. The van der Waals surface area contributed by atoms with Crippen LogP contribution in [-0.4, -0.2) is 69.1 Å². The van der Waals surface area contributed by atoms with Gasteiger partial charge in [-0.2, -0.15) is 13.2 Å². The number of aromatic nitrogens is 4. The van der Waals surface area contributed by atoms with Gasteiger partial charge in [-0.1, -0.05) is 24.3 Å². The first kappa shape index (κ1) is 25.4. The average Bonchev–Trinajstić information content (AvgIpc) is 3.47. The number of fused-ring (bicyclic) bond motifs is 2. The first-order valence-corrected chi connectivity index (χ1v) is 12.0. The molecule has 0 saturated carbocycles. The lowest BCUT2D eigenvalue weighted by Crippen LogP contribution is -2.38. The maximum absolute atomic E-state index is 14.2. The highest BCUT2D eigenvalue weighted by Crippen LogP contribution is 2.39. The molecule has 1 aliphatic heterocycles. The summed E-state index contributed by atoms with van der Waals surface area (Å²) < 4.78 is 55.5. The second-order valence-corrected chi connectivity index (χ2v) is 9.98. The highest BCUT2D eigenvalue weighted by molar-refractivity contribution is 5.86. The van der Waals surface area contributed by atoms with Crippen molar-refractivity contribution in [2.45, 2.75) is 44.1 Å². The maximum Gasteiger partial charge on any atom is 0.408 e. The van der Waals surface area contributed by atoms with Crippen molar-refractivity contribution in [3.63, 3.8) is 0 Å². The number of para-hydroxylation sites is 1. The van der Waals surface area contributed by atoms with Gasteiger partial charge in [0.05, 0.1) is 5.60 Å². The van der Waals surface area contributed by atoms with E-state index >= 15 is 0 Å². The average molecular weight is 515 g/mol. The van der Waals surface area contributed by atoms with Crippen molar-refractivity contribution in [2.75, 3.05) is 26.8 Å². The normalized spacial score (nSPS) is 18.1. The second kappa shape index (κ2) is 9.55. The molecule has 4 aromatic rings. The molecule has 37 heavy (non-hydrogen) atoms. The Labute approximate surface area is 212 Å². The van der Waals surface area contributed by atoms with Crippen molar-refractivity contribution in [3.8, 4) is 17.3 Å². The number of likely N-dealkylation sites (tertiary alicyclic amines) is 1. The first-order chi connectivity index (χ1) is 17.6. The molecular formula is C26H29F3N6O2. The predicted octanol–water partition coefficient (Wildman–Crippen LogP) is 4.38. The van der Waals surface area contributed by atoms with Crippen molar-refractivity contribution in [3.05, 3.63) is 54.2 Å². The van der Waals surface area contributed by atoms with Crippen molar-refractivity contribution in [1.29, 1.82) is 0 Å². The Morgan fingerprint density at radius 1 is 1.11 bits per heavy atom. The number of halogens is 3. The third-order valence-electron chi connectivity index (χ3n) is 6.71. The van der Waals surface area contributed by atoms with Gasteiger partial charge in [-0.15, -0.1) is 10.2 Å². The maximum atomic E-state index is 14.2. The predicted molar refractivity (Wildman–Crippen MR) is 133 cm³/mol. The first-order valence-electron chi connectivity index (χ1n) is 12.0. The van der Waals surface area contributed by atoms with Crippen molar-refractivity contribution >= 4 is 16.6 Å². The largest absolute Gasteiger partial charge is 0.488 e. The number of hydrogen-bond donors (Lipinski definition) is 1. The van der Waals surface area contributed by atoms with E-state index in [0.717, 1.165) is 5.39 Å². The minimum Gasteiger partial charge on any atom is -0.488 e. The lowest BCUT2D eigenvalue weighted by Gasteiger charge is -2.30. The molecule has 2 N–H and O–H groups in total. The van der Waals surface area contributed by atoms with Gasteiger partial charge in [0.25, 0.3) is 0 Å². The van der Waals surface area contributed by atoms with Gasteiger partial charge in [0.15, 0.2) is 11.5 Å². The van der Waals surface area contributed by atoms with Gasteiger partial charge in [0, 0.05) is 37.8 Å². The van der Waals surface area contributed by atoms with Crippen LogP contribution in [0, 0.1) is 0 Å². The topological polar surface area (TPSA) is 90.8 Å². The SMILES string of the molecule is COC(C)(C)COc1cccc2ccc(-c3nnc4ccc(C(N5CCC(N)C5)C(F)(F)F)cn34)nc12. The van der Waals surface area contributed by atoms with E-state index in [9.17, 15) is 13.2 Å². The Kier molecular flexibility index (Phi) is 6.55. The van der Waals surface area contributed by atoms with E-state index in [-0.39, 0.29) is 24.7 Å². The van der Waals surface area contributed by atoms with E-state index in [4.69, 9.17) is 20.2 Å². The number of pyridine rings is 2. The Morgan fingerprint density at radius 2 is 1.92 bits per heavy atom. The van der Waals surface area contributed by atoms with Crippen LogP contribution in [0.1, 0.15) is 31.9 Å². The summed E-state index contributed by atoms with van der Waals surface area (Å²) in [7, 11) is 1.62. The number of alkyl halides is 3. The smallest absolute Gasteiger partial charge is 0.408 e. The van der Waals surface area contributed by atoms with Crippen LogP contribution < -0.4 is 10.5 Å². The monoisotopic (exact) mass is 514 g/mol. The Bertz CT molecular complexity index is 1420. The molecule has 0 radical (unpaired) electrons. The molecule has 3 aromatic heterocycles. The third-order valence-corrected chi connectivity index (χ3v) is 6.71. The van der Waals surface area contributed by atoms with Crippen molar-refractivity contribution < 1.29 is 22.6 Å². The fourth-order valence-corrected chi connectivity index (χ4v) is 4.57. The van der Waals surface area contributed by atoms with E-state index in [1.54, 1.807) is 23.6 Å². The number of nitrogens with two attached hydrogens (primary N) is 1. The molecule has 1 saturated heterocycles. The number of nitrogens with zero attached hydrogens (tertiary/aromatic N) is 5. The zero-order valence-corrected chi connectivity index (χ0v) is 20.9. The number of rotatable bonds is 7. The lowest BCUT2D eigenvalue weighted by atomic mass is 10.1. The highest BCUT2D eigenvalue weighted by Gasteiger charge is 2.46. The summed E-state index contributed by atoms with van der Waals surface area (Å²) in [4.78, 5) is 6.15. The molecule has 8 nitrogen and oxygen atoms in total. The summed E-state index contributed by atoms with van der Waals surface area (Å²) in [5.74, 6) is 0.909. The summed E-state index contributed by atoms with van der Waals surface area (Å²) in [6.07, 6.45) is -2.49. The van der Waals surface area contributed by atoms with E-state index in [1.807, 2.05) is 38.1 Å². The van der Waals surface area contributed by atoms with Crippen LogP contribution in [0.3, 0.4) is 0 Å². The van der Waals surface area contributed by atoms with Crippen LogP contribution >= 0.6 is 0 Å². The summed E-state index contributed by atoms with van der Waals surface area (Å²) >= 11 is 0. The summed E-state index contributed by atoms with van der Waals surface area (Å²) in [5, 5.41) is 9.26. The molecule has 0 aliphatic carbocycles. The summed E-state index contributed by atoms with van der Waals surface area (Å²) in [5.41, 5.74) is 7.01. The van der Waals surface area contributed by atoms with Gasteiger partial charge in [0.2, 0.25) is 0 Å². The summed E-state index contributed by atoms with van der Waals surface area (Å²) in [6, 6.07) is 10.2. The molecule has 196 valence electrons. The van der Waals surface area contributed by atoms with Gasteiger partial charge in [-0.3, -0.25) is 9.30 Å². The van der Waals surface area contributed by atoms with Gasteiger partial charge in [0.1, 0.15) is 29.6 Å². The zero-order chi connectivity index (χ0) is 26.4. The van der Waals surface area contributed by atoms with Crippen LogP contribution in [0.25, 0.3) is 28.1 Å². The Hall–Kier alpha value is -3.28. The quantitative estimate of drug-likeness (QED) is 0.391. The molecule has 1 fully saturated rings. The van der Waals surface area contributed by atoms with Crippen LogP contribution in [0.15, 0.2) is 48.7 Å². The van der Waals surface area contributed by atoms with Gasteiger partial charge >= 0.3 is 6.18 Å². The summed E-state index contributed by atoms with van der Waals surface area (Å²) in [6.45, 7) is 4.62. The van der Waals surface area contributed by atoms with E-state index in [1.165, 1.54) is 17.2 Å². The minimum atomic E-state index is -4.46.